The van der Waals surface area contributed by atoms with Gasteiger partial charge in [0.1, 0.15) is 11.2 Å². The molecule has 0 aliphatic carbocycles. The van der Waals surface area contributed by atoms with Crippen LogP contribution in [0.5, 0.6) is 0 Å². The summed E-state index contributed by atoms with van der Waals surface area (Å²) in [6, 6.07) is 8.26. The van der Waals surface area contributed by atoms with Crippen molar-refractivity contribution in [2.24, 2.45) is 0 Å². The summed E-state index contributed by atoms with van der Waals surface area (Å²) in [7, 11) is 0. The summed E-state index contributed by atoms with van der Waals surface area (Å²) in [5.41, 5.74) is 1.01. The fraction of sp³-hybridized carbons (Fsp3) is 0.0667. The number of halogens is 1. The number of nitrogens with one attached hydrogen (secondary N) is 1. The quantitative estimate of drug-likeness (QED) is 0.874. The van der Waals surface area contributed by atoms with Gasteiger partial charge in [-0.25, -0.2) is 4.39 Å². The molecule has 1 aromatic heterocycles. The van der Waals surface area contributed by atoms with Gasteiger partial charge in [-0.15, -0.1) is 0 Å². The zero-order valence-electron chi connectivity index (χ0n) is 10.8. The topological polar surface area (TPSA) is 42.0 Å². The minimum absolute atomic E-state index is 0.239. The van der Waals surface area contributed by atoms with Crippen molar-refractivity contribution in [3.63, 3.8) is 0 Å². The molecule has 2 aromatic rings. The Bertz CT molecular complexity index is 688. The third-order valence-electron chi connectivity index (χ3n) is 2.85. The second-order valence-corrected chi connectivity index (χ2v) is 6.58. The Morgan fingerprint density at radius 3 is 2.81 bits per heavy atom. The average Bonchev–Trinajstić information content (AvgIpc) is 2.99. The first kappa shape index (κ1) is 14.2. The standard InChI is InChI=1S/C15H11FN2OS2/c16-10-1-3-11(4-2-10)20-13-7-17-6-5-12(13)14-8-18-15(9-19)21-14/h1-9,15,18H. The maximum absolute atomic E-state index is 13.0. The lowest BCUT2D eigenvalue weighted by atomic mass is 10.2. The number of thioether (sulfide) groups is 1. The number of carbonyl (C=O) groups is 1. The number of rotatable bonds is 4. The van der Waals surface area contributed by atoms with E-state index in [4.69, 9.17) is 0 Å². The lowest BCUT2D eigenvalue weighted by molar-refractivity contribution is -0.107. The van der Waals surface area contributed by atoms with E-state index in [1.165, 1.54) is 35.7 Å². The molecule has 3 rings (SSSR count). The number of pyridine rings is 1. The Labute approximate surface area is 130 Å². The van der Waals surface area contributed by atoms with Crippen LogP contribution >= 0.6 is 23.5 Å². The summed E-state index contributed by atoms with van der Waals surface area (Å²) < 4.78 is 13.0. The molecule has 0 bridgehead atoms. The lowest BCUT2D eigenvalue weighted by Crippen LogP contribution is -2.16. The van der Waals surface area contributed by atoms with Gasteiger partial charge in [-0.05, 0) is 30.3 Å². The first-order chi connectivity index (χ1) is 10.3. The van der Waals surface area contributed by atoms with Crippen molar-refractivity contribution < 1.29 is 9.18 Å². The molecular weight excluding hydrogens is 307 g/mol. The van der Waals surface area contributed by atoms with Crippen molar-refractivity contribution in [3.8, 4) is 0 Å². The molecule has 0 radical (unpaired) electrons. The second kappa shape index (κ2) is 6.32. The highest BCUT2D eigenvalue weighted by atomic mass is 32.2. The molecule has 1 unspecified atom stereocenters. The number of hydrogen-bond acceptors (Lipinski definition) is 5. The maximum Gasteiger partial charge on any atom is 0.152 e. The van der Waals surface area contributed by atoms with Crippen LogP contribution in [0.2, 0.25) is 0 Å². The number of hydrogen-bond donors (Lipinski definition) is 1. The molecule has 106 valence electrons. The fourth-order valence-electron chi connectivity index (χ4n) is 1.87. The molecule has 0 saturated carbocycles. The van der Waals surface area contributed by atoms with E-state index in [0.717, 1.165) is 26.5 Å². The first-order valence-corrected chi connectivity index (χ1v) is 7.92. The first-order valence-electron chi connectivity index (χ1n) is 6.22. The van der Waals surface area contributed by atoms with Crippen LogP contribution in [-0.4, -0.2) is 16.6 Å². The maximum atomic E-state index is 13.0. The van der Waals surface area contributed by atoms with E-state index < -0.39 is 0 Å². The molecule has 21 heavy (non-hydrogen) atoms. The fourth-order valence-corrected chi connectivity index (χ4v) is 3.76. The summed E-state index contributed by atoms with van der Waals surface area (Å²) in [5, 5.41) is 2.77. The van der Waals surface area contributed by atoms with Crippen LogP contribution in [0.15, 0.2) is 58.7 Å². The third-order valence-corrected chi connectivity index (χ3v) is 4.99. The minimum atomic E-state index is -0.252. The summed E-state index contributed by atoms with van der Waals surface area (Å²) in [6.45, 7) is 0. The van der Waals surface area contributed by atoms with Gasteiger partial charge in [0.15, 0.2) is 6.29 Å². The van der Waals surface area contributed by atoms with Crippen LogP contribution in [-0.2, 0) is 4.79 Å². The van der Waals surface area contributed by atoms with E-state index in [1.807, 2.05) is 12.3 Å². The molecule has 0 amide bonds. The van der Waals surface area contributed by atoms with Gasteiger partial charge in [-0.1, -0.05) is 23.5 Å². The van der Waals surface area contributed by atoms with Crippen molar-refractivity contribution in [3.05, 3.63) is 60.3 Å². The molecule has 3 nitrogen and oxygen atoms in total. The van der Waals surface area contributed by atoms with E-state index in [0.29, 0.717) is 0 Å². The highest BCUT2D eigenvalue weighted by Crippen LogP contribution is 2.40. The molecule has 1 N–H and O–H groups in total. The van der Waals surface area contributed by atoms with Crippen molar-refractivity contribution >= 4 is 34.7 Å². The SMILES string of the molecule is O=CC1NC=C(c2ccncc2Sc2ccc(F)cc2)S1. The molecular formula is C15H11FN2OS2. The molecule has 2 heterocycles. The normalized spacial score (nSPS) is 17.2. The van der Waals surface area contributed by atoms with Crippen molar-refractivity contribution in [1.82, 2.24) is 10.3 Å². The van der Waals surface area contributed by atoms with Gasteiger partial charge in [-0.3, -0.25) is 4.98 Å². The zero-order valence-corrected chi connectivity index (χ0v) is 12.5. The third kappa shape index (κ3) is 3.28. The predicted molar refractivity (Wildman–Crippen MR) is 83.3 cm³/mol. The Morgan fingerprint density at radius 2 is 2.10 bits per heavy atom. The van der Waals surface area contributed by atoms with Crippen LogP contribution < -0.4 is 5.32 Å². The Kier molecular flexibility index (Phi) is 4.26. The monoisotopic (exact) mass is 318 g/mol. The van der Waals surface area contributed by atoms with Gasteiger partial charge in [-0.2, -0.15) is 0 Å². The summed E-state index contributed by atoms with van der Waals surface area (Å²) in [5.74, 6) is -0.252. The van der Waals surface area contributed by atoms with Crippen LogP contribution in [0, 0.1) is 5.82 Å². The molecule has 1 aliphatic rings. The molecule has 0 fully saturated rings. The number of aromatic nitrogens is 1. The largest absolute Gasteiger partial charge is 0.372 e. The van der Waals surface area contributed by atoms with E-state index in [2.05, 4.69) is 10.3 Å². The van der Waals surface area contributed by atoms with Crippen LogP contribution in [0.25, 0.3) is 4.91 Å². The van der Waals surface area contributed by atoms with Gasteiger partial charge in [0.2, 0.25) is 0 Å². The Morgan fingerprint density at radius 1 is 1.29 bits per heavy atom. The van der Waals surface area contributed by atoms with E-state index in [-0.39, 0.29) is 11.2 Å². The summed E-state index contributed by atoms with van der Waals surface area (Å²) in [6.07, 6.45) is 6.22. The molecule has 6 heteroatoms. The predicted octanol–water partition coefficient (Wildman–Crippen LogP) is 3.53. The Balaban J connectivity index is 1.86. The van der Waals surface area contributed by atoms with E-state index in [9.17, 15) is 9.18 Å². The number of benzene rings is 1. The van der Waals surface area contributed by atoms with E-state index >= 15 is 0 Å². The minimum Gasteiger partial charge on any atom is -0.372 e. The van der Waals surface area contributed by atoms with Gasteiger partial charge >= 0.3 is 0 Å². The van der Waals surface area contributed by atoms with Crippen LogP contribution in [0.4, 0.5) is 4.39 Å². The molecule has 0 spiro atoms. The van der Waals surface area contributed by atoms with Crippen LogP contribution in [0.3, 0.4) is 0 Å². The molecule has 1 aliphatic heterocycles. The van der Waals surface area contributed by atoms with Crippen molar-refractivity contribution in [1.29, 1.82) is 0 Å². The zero-order chi connectivity index (χ0) is 14.7. The smallest absolute Gasteiger partial charge is 0.152 e. The van der Waals surface area contributed by atoms with Crippen LogP contribution in [0.1, 0.15) is 5.56 Å². The van der Waals surface area contributed by atoms with Gasteiger partial charge in [0.05, 0.1) is 0 Å². The molecule has 1 atom stereocenters. The second-order valence-electron chi connectivity index (χ2n) is 4.28. The number of carbonyl (C=O) groups excluding carboxylic acids is 1. The highest BCUT2D eigenvalue weighted by Gasteiger charge is 2.19. The lowest BCUT2D eigenvalue weighted by Gasteiger charge is -2.09. The highest BCUT2D eigenvalue weighted by molar-refractivity contribution is 8.09. The number of nitrogens with zero attached hydrogens (tertiary/aromatic N) is 1. The average molecular weight is 318 g/mol. The molecule has 1 aromatic carbocycles. The van der Waals surface area contributed by atoms with Gasteiger partial charge in [0.25, 0.3) is 0 Å². The Hall–Kier alpha value is -1.79. The van der Waals surface area contributed by atoms with Gasteiger partial charge in [0, 0.05) is 38.9 Å². The van der Waals surface area contributed by atoms with Crippen molar-refractivity contribution in [2.45, 2.75) is 15.2 Å². The van der Waals surface area contributed by atoms with Crippen molar-refractivity contribution in [2.75, 3.05) is 0 Å². The van der Waals surface area contributed by atoms with E-state index in [1.54, 1.807) is 24.5 Å². The van der Waals surface area contributed by atoms with Gasteiger partial charge < -0.3 is 10.1 Å². The molecule has 0 saturated heterocycles. The summed E-state index contributed by atoms with van der Waals surface area (Å²) >= 11 is 2.99. The summed E-state index contributed by atoms with van der Waals surface area (Å²) in [4.78, 5) is 17.9. The number of aldehydes is 1.